The molecule has 2 unspecified atom stereocenters. The zero-order chi connectivity index (χ0) is 30.3. The van der Waals surface area contributed by atoms with Gasteiger partial charge in [-0.3, -0.25) is 0 Å². The number of rotatable bonds is 6. The Hall–Kier alpha value is -0.340. The summed E-state index contributed by atoms with van der Waals surface area (Å²) in [6, 6.07) is 0.398. The van der Waals surface area contributed by atoms with Gasteiger partial charge in [0.25, 0.3) is 0 Å². The molecule has 2 heteroatoms. The van der Waals surface area contributed by atoms with Crippen LogP contribution in [0.5, 0.6) is 0 Å². The van der Waals surface area contributed by atoms with E-state index in [1.54, 1.807) is 5.57 Å². The topological polar surface area (TPSA) is 46.2 Å². The van der Waals surface area contributed by atoms with Crippen LogP contribution in [0.2, 0.25) is 0 Å². The minimum Gasteiger partial charge on any atom is -0.396 e. The summed E-state index contributed by atoms with van der Waals surface area (Å²) < 4.78 is 0. The monoisotopic (exact) mass is 544 g/mol. The Morgan fingerprint density at radius 3 is 1.42 bits per heavy atom. The van der Waals surface area contributed by atoms with E-state index in [4.69, 9.17) is 10.8 Å². The first kappa shape index (κ1) is 47.4. The van der Waals surface area contributed by atoms with Crippen LogP contribution in [0.15, 0.2) is 11.6 Å². The van der Waals surface area contributed by atoms with Gasteiger partial charge in [-0.1, -0.05) is 157 Å². The van der Waals surface area contributed by atoms with Crippen molar-refractivity contribution in [1.29, 1.82) is 0 Å². The van der Waals surface area contributed by atoms with Crippen molar-refractivity contribution in [2.24, 2.45) is 11.7 Å². The number of nitrogens with two attached hydrogens (primary N) is 1. The third-order valence-corrected chi connectivity index (χ3v) is 6.31. The van der Waals surface area contributed by atoms with Gasteiger partial charge in [0.2, 0.25) is 0 Å². The average Bonchev–Trinajstić information content (AvgIpc) is 2.88. The Bertz CT molecular complexity index is 340. The first-order chi connectivity index (χ1) is 18.4. The van der Waals surface area contributed by atoms with Crippen LogP contribution in [0.3, 0.4) is 0 Å². The lowest BCUT2D eigenvalue weighted by molar-refractivity contribution is 0.273. The summed E-state index contributed by atoms with van der Waals surface area (Å²) in [4.78, 5) is 0. The minimum atomic E-state index is 0.352. The van der Waals surface area contributed by atoms with E-state index >= 15 is 0 Å². The zero-order valence-corrected chi connectivity index (χ0v) is 29.1. The zero-order valence-electron chi connectivity index (χ0n) is 29.1. The standard InChI is InChI=1S/C9H16.C8H16.C7H16O.C5H13N.C3H8.2C2H6/c1-9-7-5-3-2-4-6-8-9;1-2-4-6-8-7-5-3-1;1-3-7(2)5-4-6-8;1-3-4-5(2)6;1-3-2;2*1-2/h7H,2-6,8H2,1H3;1-8H2;7-8H,3-6H2,1-2H3;5H,3-4,6H2,1-2H3;3H2,1-2H3;2*1-2H3/b9-7-;;;;;;. The van der Waals surface area contributed by atoms with E-state index in [0.29, 0.717) is 12.6 Å². The summed E-state index contributed by atoms with van der Waals surface area (Å²) in [6.45, 7) is 23.4. The summed E-state index contributed by atoms with van der Waals surface area (Å²) in [5.74, 6) is 0.794. The Morgan fingerprint density at radius 2 is 1.11 bits per heavy atom. The lowest BCUT2D eigenvalue weighted by Gasteiger charge is -2.05. The molecule has 0 radical (unpaired) electrons. The van der Waals surface area contributed by atoms with Crippen molar-refractivity contribution < 1.29 is 5.11 Å². The molecule has 0 spiro atoms. The Balaban J connectivity index is -0.000000119. The molecule has 1 fully saturated rings. The van der Waals surface area contributed by atoms with Gasteiger partial charge in [-0.25, -0.2) is 0 Å². The minimum absolute atomic E-state index is 0.352. The van der Waals surface area contributed by atoms with Crippen LogP contribution in [-0.4, -0.2) is 17.8 Å². The fraction of sp³-hybridized carbons (Fsp3) is 0.944. The van der Waals surface area contributed by atoms with Crippen LogP contribution in [-0.2, 0) is 0 Å². The second-order valence-corrected chi connectivity index (χ2v) is 10.7. The van der Waals surface area contributed by atoms with E-state index in [9.17, 15) is 0 Å². The molecule has 0 amide bonds. The van der Waals surface area contributed by atoms with Crippen LogP contribution in [0, 0.1) is 5.92 Å². The summed E-state index contributed by atoms with van der Waals surface area (Å²) in [5, 5.41) is 8.41. The molecule has 2 rings (SSSR count). The molecule has 3 N–H and O–H groups in total. The lowest BCUT2D eigenvalue weighted by atomic mass is 10.0. The van der Waals surface area contributed by atoms with Crippen molar-refractivity contribution in [3.63, 3.8) is 0 Å². The highest BCUT2D eigenvalue weighted by atomic mass is 16.2. The molecule has 0 saturated heterocycles. The second kappa shape index (κ2) is 49.6. The van der Waals surface area contributed by atoms with Crippen molar-refractivity contribution >= 4 is 0 Å². The molecule has 236 valence electrons. The first-order valence-electron chi connectivity index (χ1n) is 17.4. The summed E-state index contributed by atoms with van der Waals surface area (Å²) in [5.41, 5.74) is 7.01. The highest BCUT2D eigenvalue weighted by Gasteiger charge is 1.97. The van der Waals surface area contributed by atoms with Gasteiger partial charge in [0, 0.05) is 12.6 Å². The van der Waals surface area contributed by atoms with E-state index in [-0.39, 0.29) is 0 Å². The van der Waals surface area contributed by atoms with Gasteiger partial charge in [0.05, 0.1) is 0 Å². The quantitative estimate of drug-likeness (QED) is 0.327. The summed E-state index contributed by atoms with van der Waals surface area (Å²) in [7, 11) is 0. The van der Waals surface area contributed by atoms with Gasteiger partial charge in [-0.2, -0.15) is 0 Å². The van der Waals surface area contributed by atoms with Gasteiger partial charge < -0.3 is 10.8 Å². The fourth-order valence-electron chi connectivity index (χ4n) is 3.87. The molecule has 2 atom stereocenters. The fourth-order valence-corrected chi connectivity index (χ4v) is 3.87. The summed E-state index contributed by atoms with van der Waals surface area (Å²) >= 11 is 0. The number of aliphatic hydroxyl groups is 1. The smallest absolute Gasteiger partial charge is 0.0431 e. The average molecular weight is 544 g/mol. The Kier molecular flexibility index (Phi) is 61.9. The van der Waals surface area contributed by atoms with Gasteiger partial charge in [0.15, 0.2) is 0 Å². The van der Waals surface area contributed by atoms with Crippen molar-refractivity contribution in [2.75, 3.05) is 6.61 Å². The van der Waals surface area contributed by atoms with E-state index in [2.05, 4.69) is 47.6 Å². The Morgan fingerprint density at radius 1 is 0.711 bits per heavy atom. The van der Waals surface area contributed by atoms with Crippen molar-refractivity contribution in [2.45, 2.75) is 211 Å². The molecule has 0 aromatic carbocycles. The molecule has 0 aromatic rings. The molecule has 2 nitrogen and oxygen atoms in total. The van der Waals surface area contributed by atoms with Crippen molar-refractivity contribution in [1.82, 2.24) is 0 Å². The normalized spacial score (nSPS) is 17.7. The molecule has 2 aliphatic carbocycles. The maximum absolute atomic E-state index is 8.41. The molecule has 0 heterocycles. The number of hydrogen-bond donors (Lipinski definition) is 2. The van der Waals surface area contributed by atoms with Gasteiger partial charge >= 0.3 is 0 Å². The van der Waals surface area contributed by atoms with Gasteiger partial charge in [-0.05, 0) is 64.7 Å². The van der Waals surface area contributed by atoms with Crippen LogP contribution in [0.25, 0.3) is 0 Å². The van der Waals surface area contributed by atoms with E-state index in [0.717, 1.165) is 18.8 Å². The SMILES string of the molecule is C/C1=C/CCCCCC1.C1CCCCCCC1.CC.CC.CCC.CCC(C)CCCO.CCCC(C)N. The predicted octanol–water partition coefficient (Wildman–Crippen LogP) is 12.8. The number of aliphatic hydroxyl groups excluding tert-OH is 1. The molecule has 0 aromatic heterocycles. The molecule has 1 saturated carbocycles. The van der Waals surface area contributed by atoms with Crippen LogP contribution in [0.4, 0.5) is 0 Å². The van der Waals surface area contributed by atoms with E-state index in [1.807, 2.05) is 34.6 Å². The van der Waals surface area contributed by atoms with Crippen molar-refractivity contribution in [3.8, 4) is 0 Å². The van der Waals surface area contributed by atoms with E-state index < -0.39 is 0 Å². The van der Waals surface area contributed by atoms with Gasteiger partial charge in [-0.15, -0.1) is 0 Å². The predicted molar refractivity (Wildman–Crippen MR) is 181 cm³/mol. The highest BCUT2D eigenvalue weighted by molar-refractivity contribution is 4.98. The maximum atomic E-state index is 8.41. The molecule has 2 aliphatic rings. The van der Waals surface area contributed by atoms with Crippen LogP contribution >= 0.6 is 0 Å². The summed E-state index contributed by atoms with van der Waals surface area (Å²) in [6.07, 6.45) is 29.8. The molecule has 0 bridgehead atoms. The third-order valence-electron chi connectivity index (χ3n) is 6.31. The molecule has 38 heavy (non-hydrogen) atoms. The number of allylic oxidation sites excluding steroid dienone is 2. The van der Waals surface area contributed by atoms with E-state index in [1.165, 1.54) is 116 Å². The molecular weight excluding hydrogens is 462 g/mol. The largest absolute Gasteiger partial charge is 0.396 e. The van der Waals surface area contributed by atoms with Crippen LogP contribution < -0.4 is 5.73 Å². The Labute approximate surface area is 245 Å². The lowest BCUT2D eigenvalue weighted by Crippen LogP contribution is -2.13. The van der Waals surface area contributed by atoms with Crippen molar-refractivity contribution in [3.05, 3.63) is 11.6 Å². The molecule has 0 aliphatic heterocycles. The first-order valence-corrected chi connectivity index (χ1v) is 17.4. The maximum Gasteiger partial charge on any atom is 0.0431 e. The second-order valence-electron chi connectivity index (χ2n) is 10.7. The molecular formula is C36H81NO. The van der Waals surface area contributed by atoms with Gasteiger partial charge in [0.1, 0.15) is 0 Å². The number of hydrogen-bond acceptors (Lipinski definition) is 2. The third kappa shape index (κ3) is 60.3. The van der Waals surface area contributed by atoms with Crippen LogP contribution in [0.1, 0.15) is 205 Å². The highest BCUT2D eigenvalue weighted by Crippen LogP contribution is 2.16.